The van der Waals surface area contributed by atoms with E-state index in [1.807, 2.05) is 11.8 Å². The van der Waals surface area contributed by atoms with Crippen molar-refractivity contribution in [3.8, 4) is 0 Å². The summed E-state index contributed by atoms with van der Waals surface area (Å²) >= 11 is 0. The lowest BCUT2D eigenvalue weighted by Crippen LogP contribution is -2.46. The van der Waals surface area contributed by atoms with E-state index in [2.05, 4.69) is 0 Å². The summed E-state index contributed by atoms with van der Waals surface area (Å²) in [6.45, 7) is 3.92. The smallest absolute Gasteiger partial charge is 0.296 e. The molecule has 132 valence electrons. The van der Waals surface area contributed by atoms with Gasteiger partial charge in [0.05, 0.1) is 11.5 Å². The lowest BCUT2D eigenvalue weighted by molar-refractivity contribution is -0.140. The Hall–Kier alpha value is -1.40. The van der Waals surface area contributed by atoms with Gasteiger partial charge in [-0.15, -0.1) is 0 Å². The van der Waals surface area contributed by atoms with Crippen molar-refractivity contribution in [1.29, 1.82) is 0 Å². The summed E-state index contributed by atoms with van der Waals surface area (Å²) < 4.78 is 29.7. The van der Waals surface area contributed by atoms with Crippen LogP contribution in [-0.4, -0.2) is 38.9 Å². The molecule has 1 amide bonds. The van der Waals surface area contributed by atoms with E-state index in [1.165, 1.54) is 0 Å². The fourth-order valence-corrected chi connectivity index (χ4v) is 4.31. The molecule has 24 heavy (non-hydrogen) atoms. The second-order valence-electron chi connectivity index (χ2n) is 6.95. The molecule has 3 rings (SSSR count). The molecule has 2 fully saturated rings. The topological polar surface area (TPSA) is 63.7 Å². The van der Waals surface area contributed by atoms with Crippen molar-refractivity contribution in [1.82, 2.24) is 4.90 Å². The normalized spacial score (nSPS) is 24.5. The first-order valence-electron chi connectivity index (χ1n) is 8.70. The van der Waals surface area contributed by atoms with Crippen LogP contribution < -0.4 is 0 Å². The van der Waals surface area contributed by atoms with Crippen LogP contribution in [0.15, 0.2) is 29.2 Å². The maximum atomic E-state index is 12.2. The molecule has 0 atom stereocenters. The molecule has 0 N–H and O–H groups in total. The van der Waals surface area contributed by atoms with Gasteiger partial charge in [-0.2, -0.15) is 8.42 Å². The molecule has 0 aromatic heterocycles. The van der Waals surface area contributed by atoms with Gasteiger partial charge in [0.15, 0.2) is 0 Å². The van der Waals surface area contributed by atoms with Crippen molar-refractivity contribution in [2.24, 2.45) is 11.8 Å². The first kappa shape index (κ1) is 17.4. The number of aryl methyl sites for hydroxylation is 1. The van der Waals surface area contributed by atoms with E-state index in [9.17, 15) is 13.2 Å². The van der Waals surface area contributed by atoms with Crippen molar-refractivity contribution >= 4 is 16.0 Å². The fraction of sp³-hybridized carbons (Fsp3) is 0.611. The summed E-state index contributed by atoms with van der Waals surface area (Å²) in [5.41, 5.74) is 1.01. The number of nitrogens with zero attached hydrogens (tertiary/aromatic N) is 1. The highest BCUT2D eigenvalue weighted by molar-refractivity contribution is 7.86. The second-order valence-corrected chi connectivity index (χ2v) is 8.56. The van der Waals surface area contributed by atoms with Crippen molar-refractivity contribution in [3.63, 3.8) is 0 Å². The van der Waals surface area contributed by atoms with Crippen LogP contribution >= 0.6 is 0 Å². The van der Waals surface area contributed by atoms with Crippen LogP contribution in [-0.2, 0) is 19.1 Å². The predicted octanol–water partition coefficient (Wildman–Crippen LogP) is 2.74. The van der Waals surface area contributed by atoms with E-state index in [0.717, 1.165) is 50.8 Å². The van der Waals surface area contributed by atoms with Gasteiger partial charge in [0.1, 0.15) is 0 Å². The fourth-order valence-electron chi connectivity index (χ4n) is 3.33. The summed E-state index contributed by atoms with van der Waals surface area (Å²) in [5.74, 6) is 0.619. The number of carbonyl (C=O) groups is 1. The summed E-state index contributed by atoms with van der Waals surface area (Å²) in [6.07, 6.45) is 4.51. The van der Waals surface area contributed by atoms with Gasteiger partial charge in [-0.1, -0.05) is 17.7 Å². The quantitative estimate of drug-likeness (QED) is 0.765. The summed E-state index contributed by atoms with van der Waals surface area (Å²) in [4.78, 5) is 14.4. The van der Waals surface area contributed by atoms with Crippen LogP contribution in [0.25, 0.3) is 0 Å². The van der Waals surface area contributed by atoms with E-state index in [-0.39, 0.29) is 29.2 Å². The number of likely N-dealkylation sites (tertiary alicyclic amines) is 1. The molecule has 5 nitrogen and oxygen atoms in total. The Bertz CT molecular complexity index is 671. The Balaban J connectivity index is 1.47. The number of carbonyl (C=O) groups excluding carboxylic acids is 1. The number of amides is 1. The Labute approximate surface area is 144 Å². The van der Waals surface area contributed by atoms with Crippen molar-refractivity contribution < 1.29 is 17.4 Å². The molecule has 1 saturated heterocycles. The van der Waals surface area contributed by atoms with E-state index >= 15 is 0 Å². The molecule has 2 aliphatic rings. The van der Waals surface area contributed by atoms with Gasteiger partial charge in [-0.05, 0) is 57.1 Å². The van der Waals surface area contributed by atoms with E-state index in [1.54, 1.807) is 24.3 Å². The number of hydrogen-bond acceptors (Lipinski definition) is 4. The zero-order valence-corrected chi connectivity index (χ0v) is 14.9. The van der Waals surface area contributed by atoms with E-state index in [4.69, 9.17) is 4.18 Å². The van der Waals surface area contributed by atoms with Crippen LogP contribution in [0.3, 0.4) is 0 Å². The maximum absolute atomic E-state index is 12.2. The molecule has 1 aromatic carbocycles. The second kappa shape index (κ2) is 7.23. The molecule has 0 bridgehead atoms. The predicted molar refractivity (Wildman–Crippen MR) is 91.0 cm³/mol. The van der Waals surface area contributed by atoms with E-state index in [0.29, 0.717) is 0 Å². The maximum Gasteiger partial charge on any atom is 0.296 e. The highest BCUT2D eigenvalue weighted by atomic mass is 32.2. The molecule has 1 heterocycles. The Morgan fingerprint density at radius 3 is 2.29 bits per heavy atom. The van der Waals surface area contributed by atoms with Gasteiger partial charge in [0, 0.05) is 19.0 Å². The van der Waals surface area contributed by atoms with Crippen LogP contribution in [0.4, 0.5) is 0 Å². The van der Waals surface area contributed by atoms with Crippen LogP contribution in [0.2, 0.25) is 0 Å². The van der Waals surface area contributed by atoms with Crippen molar-refractivity contribution in [3.05, 3.63) is 29.8 Å². The first-order valence-corrected chi connectivity index (χ1v) is 10.1. The van der Waals surface area contributed by atoms with E-state index < -0.39 is 10.1 Å². The molecule has 0 unspecified atom stereocenters. The Morgan fingerprint density at radius 1 is 1.12 bits per heavy atom. The molecule has 1 saturated carbocycles. The standard InChI is InChI=1S/C18H25NO4S/c1-14-3-9-17(10-4-14)24(21,22)23-13-15-5-7-16(8-6-15)18(20)19-11-2-12-19/h3-4,9-10,15-16H,2,5-8,11-13H2,1H3. The minimum Gasteiger partial charge on any atom is -0.342 e. The highest BCUT2D eigenvalue weighted by Gasteiger charge is 2.32. The number of rotatable bonds is 5. The third-order valence-electron chi connectivity index (χ3n) is 5.13. The van der Waals surface area contributed by atoms with Gasteiger partial charge < -0.3 is 4.90 Å². The molecular weight excluding hydrogens is 326 g/mol. The highest BCUT2D eigenvalue weighted by Crippen LogP contribution is 2.31. The first-order chi connectivity index (χ1) is 11.5. The van der Waals surface area contributed by atoms with Gasteiger partial charge >= 0.3 is 0 Å². The van der Waals surface area contributed by atoms with Crippen LogP contribution in [0.5, 0.6) is 0 Å². The molecule has 1 aliphatic carbocycles. The molecule has 0 spiro atoms. The monoisotopic (exact) mass is 351 g/mol. The zero-order chi connectivity index (χ0) is 17.2. The van der Waals surface area contributed by atoms with Gasteiger partial charge in [-0.3, -0.25) is 8.98 Å². The number of hydrogen-bond donors (Lipinski definition) is 0. The average molecular weight is 351 g/mol. The summed E-state index contributed by atoms with van der Waals surface area (Å²) in [5, 5.41) is 0. The lowest BCUT2D eigenvalue weighted by atomic mass is 9.81. The summed E-state index contributed by atoms with van der Waals surface area (Å²) in [7, 11) is -3.69. The van der Waals surface area contributed by atoms with Gasteiger partial charge in [0.25, 0.3) is 10.1 Å². The minimum atomic E-state index is -3.69. The molecule has 0 radical (unpaired) electrons. The van der Waals surface area contributed by atoms with Crippen molar-refractivity contribution in [2.45, 2.75) is 43.9 Å². The van der Waals surface area contributed by atoms with Crippen LogP contribution in [0, 0.1) is 18.8 Å². The number of benzene rings is 1. The van der Waals surface area contributed by atoms with Gasteiger partial charge in [0.2, 0.25) is 5.91 Å². The minimum absolute atomic E-state index is 0.121. The SMILES string of the molecule is Cc1ccc(S(=O)(=O)OCC2CCC(C(=O)N3CCC3)CC2)cc1. The molecule has 1 aromatic rings. The Morgan fingerprint density at radius 2 is 1.75 bits per heavy atom. The average Bonchev–Trinajstić information content (AvgIpc) is 2.52. The third-order valence-corrected chi connectivity index (χ3v) is 6.43. The Kier molecular flexibility index (Phi) is 5.25. The molecule has 1 aliphatic heterocycles. The lowest BCUT2D eigenvalue weighted by Gasteiger charge is -2.36. The molecular formula is C18H25NO4S. The van der Waals surface area contributed by atoms with Crippen molar-refractivity contribution in [2.75, 3.05) is 19.7 Å². The summed E-state index contributed by atoms with van der Waals surface area (Å²) in [6, 6.07) is 6.69. The third kappa shape index (κ3) is 3.98. The van der Waals surface area contributed by atoms with Gasteiger partial charge in [-0.25, -0.2) is 0 Å². The largest absolute Gasteiger partial charge is 0.342 e. The zero-order valence-electron chi connectivity index (χ0n) is 14.1. The molecule has 6 heteroatoms. The van der Waals surface area contributed by atoms with Crippen LogP contribution in [0.1, 0.15) is 37.7 Å².